The highest BCUT2D eigenvalue weighted by Crippen LogP contribution is 2.33. The van der Waals surface area contributed by atoms with Crippen molar-refractivity contribution in [1.82, 2.24) is 10.2 Å². The van der Waals surface area contributed by atoms with E-state index in [1.165, 1.54) is 13.2 Å². The van der Waals surface area contributed by atoms with Gasteiger partial charge in [-0.3, -0.25) is 0 Å². The van der Waals surface area contributed by atoms with Crippen molar-refractivity contribution >= 4 is 47.0 Å². The molecule has 1 heterocycles. The van der Waals surface area contributed by atoms with E-state index in [1.54, 1.807) is 43.3 Å². The largest absolute Gasteiger partial charge is 0.493 e. The van der Waals surface area contributed by atoms with E-state index in [4.69, 9.17) is 37.1 Å². The van der Waals surface area contributed by atoms with Gasteiger partial charge in [0.25, 0.3) is 5.22 Å². The second-order valence-electron chi connectivity index (χ2n) is 5.94. The zero-order valence-corrected chi connectivity index (χ0v) is 18.2. The zero-order chi connectivity index (χ0) is 21.7. The minimum absolute atomic E-state index is 0.0160. The lowest BCUT2D eigenvalue weighted by atomic mass is 10.2. The molecule has 0 atom stereocenters. The topological polar surface area (TPSA) is 94.7 Å². The lowest BCUT2D eigenvalue weighted by Gasteiger charge is -2.12. The lowest BCUT2D eigenvalue weighted by Crippen LogP contribution is -1.99. The van der Waals surface area contributed by atoms with Crippen molar-refractivity contribution in [1.29, 1.82) is 0 Å². The van der Waals surface area contributed by atoms with Gasteiger partial charge >= 0.3 is 5.97 Å². The van der Waals surface area contributed by atoms with Gasteiger partial charge in [-0.25, -0.2) is 4.79 Å². The Morgan fingerprint density at radius 1 is 1.20 bits per heavy atom. The summed E-state index contributed by atoms with van der Waals surface area (Å²) in [6.45, 7) is 1.84. The Labute approximate surface area is 186 Å². The molecule has 0 amide bonds. The summed E-state index contributed by atoms with van der Waals surface area (Å²) in [4.78, 5) is 11.6. The summed E-state index contributed by atoms with van der Waals surface area (Å²) < 4.78 is 16.4. The third-order valence-corrected chi connectivity index (χ3v) is 5.24. The number of nitrogens with zero attached hydrogens (tertiary/aromatic N) is 2. The van der Waals surface area contributed by atoms with Crippen molar-refractivity contribution in [3.63, 3.8) is 0 Å². The van der Waals surface area contributed by atoms with Crippen LogP contribution in [0.2, 0.25) is 10.0 Å². The number of aromatic nitrogens is 2. The number of thioether (sulfide) groups is 1. The van der Waals surface area contributed by atoms with Crippen LogP contribution in [0.3, 0.4) is 0 Å². The Morgan fingerprint density at radius 3 is 2.63 bits per heavy atom. The highest BCUT2D eigenvalue weighted by Gasteiger charge is 2.15. The van der Waals surface area contributed by atoms with Gasteiger partial charge in [0.05, 0.1) is 7.11 Å². The van der Waals surface area contributed by atoms with Crippen LogP contribution < -0.4 is 9.47 Å². The molecule has 0 saturated heterocycles. The maximum Gasteiger partial charge on any atom is 0.342 e. The molecule has 0 aliphatic carbocycles. The molecule has 7 nitrogen and oxygen atoms in total. The fourth-order valence-corrected chi connectivity index (χ4v) is 3.56. The third-order valence-electron chi connectivity index (χ3n) is 3.80. The molecule has 156 valence electrons. The van der Waals surface area contributed by atoms with Crippen LogP contribution in [-0.2, 0) is 11.4 Å². The van der Waals surface area contributed by atoms with Gasteiger partial charge in [0.1, 0.15) is 11.5 Å². The average Bonchev–Trinajstić information content (AvgIpc) is 3.12. The molecule has 0 aliphatic rings. The van der Waals surface area contributed by atoms with Crippen LogP contribution in [0.1, 0.15) is 17.0 Å². The molecule has 0 unspecified atom stereocenters. The number of carboxylic acids is 1. The molecule has 0 radical (unpaired) electrons. The number of carbonyl (C=O) groups is 1. The number of hydrogen-bond acceptors (Lipinski definition) is 7. The second kappa shape index (κ2) is 9.88. The summed E-state index contributed by atoms with van der Waals surface area (Å²) in [5.41, 5.74) is 1.37. The molecule has 0 fully saturated rings. The van der Waals surface area contributed by atoms with Crippen LogP contribution in [-0.4, -0.2) is 28.4 Å². The predicted molar refractivity (Wildman–Crippen MR) is 114 cm³/mol. The molecule has 1 aromatic heterocycles. The van der Waals surface area contributed by atoms with E-state index in [2.05, 4.69) is 10.2 Å². The lowest BCUT2D eigenvalue weighted by molar-refractivity contribution is -0.131. The van der Waals surface area contributed by atoms with Crippen LogP contribution in [0.25, 0.3) is 6.08 Å². The number of aryl methyl sites for hydroxylation is 1. The van der Waals surface area contributed by atoms with E-state index >= 15 is 0 Å². The fourth-order valence-electron chi connectivity index (χ4n) is 2.39. The zero-order valence-electron chi connectivity index (χ0n) is 15.9. The highest BCUT2D eigenvalue weighted by atomic mass is 35.5. The Morgan fingerprint density at radius 2 is 2.00 bits per heavy atom. The van der Waals surface area contributed by atoms with Gasteiger partial charge < -0.3 is 19.0 Å². The van der Waals surface area contributed by atoms with Crippen molar-refractivity contribution in [3.8, 4) is 11.5 Å². The first-order chi connectivity index (χ1) is 14.4. The Hall–Kier alpha value is -2.68. The van der Waals surface area contributed by atoms with Gasteiger partial charge in [0.2, 0.25) is 5.89 Å². The maximum atomic E-state index is 11.6. The summed E-state index contributed by atoms with van der Waals surface area (Å²) in [5.74, 6) is 0.161. The molecular formula is C20H16Cl2N2O5S. The van der Waals surface area contributed by atoms with Crippen LogP contribution >= 0.6 is 35.0 Å². The Kier molecular flexibility index (Phi) is 7.25. The molecule has 2 aromatic carbocycles. The maximum absolute atomic E-state index is 11.6. The first-order valence-corrected chi connectivity index (χ1v) is 10.1. The summed E-state index contributed by atoms with van der Waals surface area (Å²) >= 11 is 12.9. The van der Waals surface area contributed by atoms with Crippen molar-refractivity contribution in [2.45, 2.75) is 18.8 Å². The van der Waals surface area contributed by atoms with E-state index in [0.29, 0.717) is 33.0 Å². The standard InChI is InChI=1S/C20H16Cl2N2O5S/c1-11-23-24-20(29-11)30-18(19(25)26)8-12-3-6-16(17(7-12)27-2)28-10-13-4-5-14(21)9-15(13)22/h3-9H,10H2,1-2H3,(H,25,26)/b18-8-. The molecule has 0 spiro atoms. The molecule has 30 heavy (non-hydrogen) atoms. The van der Waals surface area contributed by atoms with Crippen LogP contribution in [0, 0.1) is 6.92 Å². The van der Waals surface area contributed by atoms with Crippen molar-refractivity contribution in [3.05, 3.63) is 68.4 Å². The van der Waals surface area contributed by atoms with E-state index in [9.17, 15) is 9.90 Å². The van der Waals surface area contributed by atoms with Gasteiger partial charge in [-0.1, -0.05) is 35.3 Å². The number of ether oxygens (including phenoxy) is 2. The quantitative estimate of drug-likeness (QED) is 0.343. The molecule has 0 aliphatic heterocycles. The second-order valence-corrected chi connectivity index (χ2v) is 7.77. The Bertz CT molecular complexity index is 1100. The molecule has 3 rings (SSSR count). The van der Waals surface area contributed by atoms with E-state index in [1.807, 2.05) is 0 Å². The number of halogens is 2. The third kappa shape index (κ3) is 5.69. The highest BCUT2D eigenvalue weighted by molar-refractivity contribution is 8.03. The van der Waals surface area contributed by atoms with Gasteiger partial charge in [0, 0.05) is 22.5 Å². The molecular weight excluding hydrogens is 451 g/mol. The monoisotopic (exact) mass is 466 g/mol. The summed E-state index contributed by atoms with van der Waals surface area (Å²) in [5, 5.41) is 18.2. The molecule has 0 bridgehead atoms. The van der Waals surface area contributed by atoms with Crippen LogP contribution in [0.15, 0.2) is 50.9 Å². The minimum atomic E-state index is -1.12. The van der Waals surface area contributed by atoms with E-state index < -0.39 is 5.97 Å². The van der Waals surface area contributed by atoms with Crippen LogP contribution in [0.5, 0.6) is 11.5 Å². The van der Waals surface area contributed by atoms with Gasteiger partial charge in [-0.05, 0) is 47.7 Å². The van der Waals surface area contributed by atoms with Crippen molar-refractivity contribution in [2.75, 3.05) is 7.11 Å². The van der Waals surface area contributed by atoms with Gasteiger partial charge in [-0.15, -0.1) is 10.2 Å². The SMILES string of the molecule is COc1cc(/C=C(\Sc2nnc(C)o2)C(=O)O)ccc1OCc1ccc(Cl)cc1Cl. The van der Waals surface area contributed by atoms with Crippen molar-refractivity contribution < 1.29 is 23.8 Å². The average molecular weight is 467 g/mol. The number of benzene rings is 2. The van der Waals surface area contributed by atoms with Gasteiger partial charge in [-0.2, -0.15) is 0 Å². The number of rotatable bonds is 8. The van der Waals surface area contributed by atoms with E-state index in [-0.39, 0.29) is 16.7 Å². The minimum Gasteiger partial charge on any atom is -0.493 e. The number of methoxy groups -OCH3 is 1. The van der Waals surface area contributed by atoms with Crippen LogP contribution in [0.4, 0.5) is 0 Å². The molecule has 3 aromatic rings. The Balaban J connectivity index is 1.79. The molecule has 0 saturated carbocycles. The molecule has 1 N–H and O–H groups in total. The summed E-state index contributed by atoms with van der Waals surface area (Å²) in [6.07, 6.45) is 1.48. The summed E-state index contributed by atoms with van der Waals surface area (Å²) in [7, 11) is 1.50. The van der Waals surface area contributed by atoms with E-state index in [0.717, 1.165) is 17.3 Å². The fraction of sp³-hybridized carbons (Fsp3) is 0.150. The normalized spacial score (nSPS) is 11.4. The predicted octanol–water partition coefficient (Wildman–Crippen LogP) is 5.49. The first kappa shape index (κ1) is 22.0. The van der Waals surface area contributed by atoms with Crippen molar-refractivity contribution in [2.24, 2.45) is 0 Å². The number of aliphatic carboxylic acids is 1. The summed E-state index contributed by atoms with van der Waals surface area (Å²) in [6, 6.07) is 10.2. The number of hydrogen-bond donors (Lipinski definition) is 1. The number of carboxylic acid groups (broad SMARTS) is 1. The smallest absolute Gasteiger partial charge is 0.342 e. The molecule has 10 heteroatoms. The van der Waals surface area contributed by atoms with Gasteiger partial charge in [0.15, 0.2) is 11.5 Å². The first-order valence-electron chi connectivity index (χ1n) is 8.53.